The van der Waals surface area contributed by atoms with E-state index in [-0.39, 0.29) is 0 Å². The molecule has 14 heavy (non-hydrogen) atoms. The van der Waals surface area contributed by atoms with Crippen LogP contribution in [0.3, 0.4) is 0 Å². The number of hydrogen-bond acceptors (Lipinski definition) is 1. The summed E-state index contributed by atoms with van der Waals surface area (Å²) >= 11 is 0. The van der Waals surface area contributed by atoms with Crippen molar-refractivity contribution in [3.63, 3.8) is 0 Å². The van der Waals surface area contributed by atoms with E-state index in [2.05, 4.69) is 37.0 Å². The van der Waals surface area contributed by atoms with Crippen LogP contribution in [-0.4, -0.2) is 5.71 Å². The van der Waals surface area contributed by atoms with Gasteiger partial charge in [0.1, 0.15) is 0 Å². The molecule has 0 unspecified atom stereocenters. The summed E-state index contributed by atoms with van der Waals surface area (Å²) in [5, 5.41) is 0. The topological polar surface area (TPSA) is 12.4 Å². The SMILES string of the molecule is C/C=C(\C)C(C)=NCc1ccccc1. The van der Waals surface area contributed by atoms with Crippen LogP contribution in [0.5, 0.6) is 0 Å². The van der Waals surface area contributed by atoms with Crippen LogP contribution in [0.15, 0.2) is 47.0 Å². The molecule has 0 aliphatic heterocycles. The Morgan fingerprint density at radius 2 is 1.86 bits per heavy atom. The average Bonchev–Trinajstić information content (AvgIpc) is 2.26. The molecule has 0 atom stereocenters. The minimum atomic E-state index is 0.776. The lowest BCUT2D eigenvalue weighted by Crippen LogP contribution is -1.94. The summed E-state index contributed by atoms with van der Waals surface area (Å²) in [7, 11) is 0. The molecule has 0 saturated carbocycles. The van der Waals surface area contributed by atoms with E-state index in [1.54, 1.807) is 0 Å². The lowest BCUT2D eigenvalue weighted by molar-refractivity contribution is 1.06. The first-order valence-electron chi connectivity index (χ1n) is 4.92. The molecule has 0 N–H and O–H groups in total. The molecule has 0 fully saturated rings. The minimum Gasteiger partial charge on any atom is -0.285 e. The van der Waals surface area contributed by atoms with Gasteiger partial charge in [0.15, 0.2) is 0 Å². The Morgan fingerprint density at radius 3 is 2.43 bits per heavy atom. The van der Waals surface area contributed by atoms with Crippen LogP contribution in [0.2, 0.25) is 0 Å². The van der Waals surface area contributed by atoms with Gasteiger partial charge >= 0.3 is 0 Å². The van der Waals surface area contributed by atoms with Gasteiger partial charge in [-0.05, 0) is 31.9 Å². The highest BCUT2D eigenvalue weighted by molar-refractivity contribution is 5.97. The maximum Gasteiger partial charge on any atom is 0.0643 e. The van der Waals surface area contributed by atoms with E-state index in [0.717, 1.165) is 12.3 Å². The molecule has 1 heteroatoms. The largest absolute Gasteiger partial charge is 0.285 e. The van der Waals surface area contributed by atoms with E-state index in [1.165, 1.54) is 11.1 Å². The van der Waals surface area contributed by atoms with Crippen molar-refractivity contribution in [2.75, 3.05) is 0 Å². The summed E-state index contributed by atoms with van der Waals surface area (Å²) in [6.07, 6.45) is 2.09. The molecule has 0 spiro atoms. The first-order chi connectivity index (χ1) is 6.74. The fourth-order valence-electron chi connectivity index (χ4n) is 1.13. The van der Waals surface area contributed by atoms with Gasteiger partial charge in [0.2, 0.25) is 0 Å². The standard InChI is InChI=1S/C13H17N/c1-4-11(2)12(3)14-10-13-8-6-5-7-9-13/h4-9H,10H2,1-3H3/b11-4+,14-12?. The summed E-state index contributed by atoms with van der Waals surface area (Å²) in [4.78, 5) is 4.51. The summed E-state index contributed by atoms with van der Waals surface area (Å²) in [6, 6.07) is 10.3. The normalized spacial score (nSPS) is 13.1. The van der Waals surface area contributed by atoms with Crippen molar-refractivity contribution < 1.29 is 0 Å². The van der Waals surface area contributed by atoms with Gasteiger partial charge in [-0.3, -0.25) is 4.99 Å². The van der Waals surface area contributed by atoms with Crippen LogP contribution in [0.25, 0.3) is 0 Å². The first-order valence-corrected chi connectivity index (χ1v) is 4.92. The molecular formula is C13H17N. The highest BCUT2D eigenvalue weighted by atomic mass is 14.7. The quantitative estimate of drug-likeness (QED) is 0.641. The number of hydrogen-bond donors (Lipinski definition) is 0. The zero-order valence-corrected chi connectivity index (χ0v) is 9.12. The monoisotopic (exact) mass is 187 g/mol. The van der Waals surface area contributed by atoms with E-state index in [4.69, 9.17) is 0 Å². The van der Waals surface area contributed by atoms with Crippen LogP contribution in [0, 0.1) is 0 Å². The zero-order valence-electron chi connectivity index (χ0n) is 9.12. The highest BCUT2D eigenvalue weighted by Gasteiger charge is 1.93. The Balaban J connectivity index is 2.64. The number of aliphatic imine (C=N–C) groups is 1. The third-order valence-corrected chi connectivity index (χ3v) is 2.35. The van der Waals surface area contributed by atoms with Crippen molar-refractivity contribution in [2.24, 2.45) is 4.99 Å². The van der Waals surface area contributed by atoms with Gasteiger partial charge in [-0.2, -0.15) is 0 Å². The van der Waals surface area contributed by atoms with Gasteiger partial charge in [0.05, 0.1) is 6.54 Å². The Labute approximate surface area is 86.2 Å². The van der Waals surface area contributed by atoms with Crippen molar-refractivity contribution >= 4 is 5.71 Å². The molecule has 1 aromatic rings. The van der Waals surface area contributed by atoms with E-state index >= 15 is 0 Å². The third kappa shape index (κ3) is 3.17. The molecule has 1 aromatic carbocycles. The Hall–Kier alpha value is -1.37. The lowest BCUT2D eigenvalue weighted by atomic mass is 10.2. The van der Waals surface area contributed by atoms with Crippen molar-refractivity contribution in [2.45, 2.75) is 27.3 Å². The van der Waals surface area contributed by atoms with E-state index in [9.17, 15) is 0 Å². The number of rotatable bonds is 3. The van der Waals surface area contributed by atoms with E-state index in [0.29, 0.717) is 0 Å². The van der Waals surface area contributed by atoms with Crippen molar-refractivity contribution in [1.29, 1.82) is 0 Å². The summed E-state index contributed by atoms with van der Waals surface area (Å²) in [6.45, 7) is 6.96. The maximum atomic E-state index is 4.51. The van der Waals surface area contributed by atoms with E-state index in [1.807, 2.05) is 25.1 Å². The van der Waals surface area contributed by atoms with Crippen molar-refractivity contribution in [3.8, 4) is 0 Å². The van der Waals surface area contributed by atoms with Gasteiger partial charge < -0.3 is 0 Å². The Kier molecular flexibility index (Phi) is 4.11. The van der Waals surface area contributed by atoms with Crippen LogP contribution in [0.1, 0.15) is 26.3 Å². The second kappa shape index (κ2) is 5.38. The first kappa shape index (κ1) is 10.7. The number of benzene rings is 1. The van der Waals surface area contributed by atoms with Gasteiger partial charge in [-0.25, -0.2) is 0 Å². The minimum absolute atomic E-state index is 0.776. The smallest absolute Gasteiger partial charge is 0.0643 e. The molecular weight excluding hydrogens is 170 g/mol. The lowest BCUT2D eigenvalue weighted by Gasteiger charge is -2.00. The summed E-state index contributed by atoms with van der Waals surface area (Å²) in [5.74, 6) is 0. The summed E-state index contributed by atoms with van der Waals surface area (Å²) in [5.41, 5.74) is 3.63. The molecule has 0 saturated heterocycles. The fourth-order valence-corrected chi connectivity index (χ4v) is 1.13. The molecule has 0 aromatic heterocycles. The van der Waals surface area contributed by atoms with Crippen molar-refractivity contribution in [3.05, 3.63) is 47.5 Å². The molecule has 0 bridgehead atoms. The molecule has 0 heterocycles. The highest BCUT2D eigenvalue weighted by Crippen LogP contribution is 2.03. The van der Waals surface area contributed by atoms with Crippen LogP contribution in [0.4, 0.5) is 0 Å². The van der Waals surface area contributed by atoms with Gasteiger partial charge in [0, 0.05) is 5.71 Å². The second-order valence-electron chi connectivity index (χ2n) is 3.36. The zero-order chi connectivity index (χ0) is 10.4. The van der Waals surface area contributed by atoms with Gasteiger partial charge in [-0.15, -0.1) is 0 Å². The molecule has 0 aliphatic rings. The van der Waals surface area contributed by atoms with Crippen molar-refractivity contribution in [1.82, 2.24) is 0 Å². The van der Waals surface area contributed by atoms with Crippen LogP contribution < -0.4 is 0 Å². The molecule has 0 radical (unpaired) electrons. The fraction of sp³-hybridized carbons (Fsp3) is 0.308. The third-order valence-electron chi connectivity index (χ3n) is 2.35. The molecule has 1 rings (SSSR count). The number of allylic oxidation sites excluding steroid dienone is 2. The second-order valence-corrected chi connectivity index (χ2v) is 3.36. The summed E-state index contributed by atoms with van der Waals surface area (Å²) < 4.78 is 0. The van der Waals surface area contributed by atoms with Gasteiger partial charge in [0.25, 0.3) is 0 Å². The Morgan fingerprint density at radius 1 is 1.21 bits per heavy atom. The van der Waals surface area contributed by atoms with Crippen LogP contribution >= 0.6 is 0 Å². The predicted octanol–water partition coefficient (Wildman–Crippen LogP) is 3.61. The number of nitrogens with zero attached hydrogens (tertiary/aromatic N) is 1. The average molecular weight is 187 g/mol. The molecule has 1 nitrogen and oxygen atoms in total. The molecule has 0 amide bonds. The van der Waals surface area contributed by atoms with E-state index < -0.39 is 0 Å². The van der Waals surface area contributed by atoms with Crippen LogP contribution in [-0.2, 0) is 6.54 Å². The molecule has 74 valence electrons. The predicted molar refractivity (Wildman–Crippen MR) is 62.7 cm³/mol. The Bertz CT molecular complexity index is 334. The maximum absolute atomic E-state index is 4.51. The van der Waals surface area contributed by atoms with Gasteiger partial charge in [-0.1, -0.05) is 36.4 Å². The molecule has 0 aliphatic carbocycles.